The number of hydrogen-bond acceptors (Lipinski definition) is 5. The second kappa shape index (κ2) is 5.48. The van der Waals surface area contributed by atoms with Gasteiger partial charge in [-0.15, -0.1) is 0 Å². The molecule has 1 aliphatic rings. The number of hydrogen-bond donors (Lipinski definition) is 1. The molecule has 7 heteroatoms. The van der Waals surface area contributed by atoms with Gasteiger partial charge in [-0.3, -0.25) is 4.79 Å². The van der Waals surface area contributed by atoms with Crippen LogP contribution in [0.5, 0.6) is 0 Å². The fourth-order valence-corrected chi connectivity index (χ4v) is 4.21. The van der Waals surface area contributed by atoms with E-state index in [0.29, 0.717) is 25.3 Å². The summed E-state index contributed by atoms with van der Waals surface area (Å²) in [5, 5.41) is 2.75. The Balaban J connectivity index is 1.53. The molecule has 112 valence electrons. The smallest absolute Gasteiger partial charge is 0.224 e. The summed E-state index contributed by atoms with van der Waals surface area (Å²) in [6.07, 6.45) is 0.900. The highest BCUT2D eigenvalue weighted by atomic mass is 32.2. The number of oxazole rings is 1. The van der Waals surface area contributed by atoms with Gasteiger partial charge in [0.25, 0.3) is 0 Å². The zero-order valence-electron chi connectivity index (χ0n) is 11.4. The van der Waals surface area contributed by atoms with Gasteiger partial charge in [0.15, 0.2) is 21.3 Å². The van der Waals surface area contributed by atoms with E-state index in [0.717, 1.165) is 11.1 Å². The molecule has 1 aliphatic heterocycles. The zero-order chi connectivity index (χ0) is 14.9. The lowest BCUT2D eigenvalue weighted by atomic mass is 10.1. The minimum atomic E-state index is -3.03. The van der Waals surface area contributed by atoms with Crippen molar-refractivity contribution in [2.24, 2.45) is 5.92 Å². The van der Waals surface area contributed by atoms with Crippen molar-refractivity contribution in [2.45, 2.75) is 12.8 Å². The minimum Gasteiger partial charge on any atom is -0.441 e. The van der Waals surface area contributed by atoms with Gasteiger partial charge in [0.1, 0.15) is 5.52 Å². The first-order chi connectivity index (χ1) is 10.0. The molecule has 1 saturated heterocycles. The maximum atomic E-state index is 11.9. The summed E-state index contributed by atoms with van der Waals surface area (Å²) >= 11 is 0. The van der Waals surface area contributed by atoms with E-state index in [1.165, 1.54) is 0 Å². The summed E-state index contributed by atoms with van der Waals surface area (Å²) in [4.78, 5) is 16.2. The Hall–Kier alpha value is -1.89. The van der Waals surface area contributed by atoms with Crippen molar-refractivity contribution < 1.29 is 17.6 Å². The third-order valence-electron chi connectivity index (χ3n) is 3.58. The van der Waals surface area contributed by atoms with E-state index in [2.05, 4.69) is 10.3 Å². The van der Waals surface area contributed by atoms with Gasteiger partial charge in [-0.1, -0.05) is 12.1 Å². The van der Waals surface area contributed by atoms with Crippen molar-refractivity contribution in [2.75, 3.05) is 18.1 Å². The van der Waals surface area contributed by atoms with Crippen LogP contribution in [0.25, 0.3) is 11.1 Å². The average molecular weight is 308 g/mol. The average Bonchev–Trinajstić information content (AvgIpc) is 3.01. The van der Waals surface area contributed by atoms with E-state index in [1.807, 2.05) is 24.3 Å². The number of benzene rings is 1. The van der Waals surface area contributed by atoms with E-state index in [9.17, 15) is 13.2 Å². The predicted octanol–water partition coefficient (Wildman–Crippen LogP) is 0.921. The van der Waals surface area contributed by atoms with Crippen molar-refractivity contribution in [3.63, 3.8) is 0 Å². The number of carbonyl (C=O) groups excluding carboxylic acids is 1. The van der Waals surface area contributed by atoms with Crippen LogP contribution in [-0.4, -0.2) is 37.4 Å². The first-order valence-electron chi connectivity index (χ1n) is 6.86. The molecular formula is C14H16N2O4S. The fraction of sp³-hybridized carbons (Fsp3) is 0.429. The quantitative estimate of drug-likeness (QED) is 0.907. The molecule has 3 rings (SSSR count). The number of rotatable bonds is 4. The minimum absolute atomic E-state index is 0.0400. The van der Waals surface area contributed by atoms with Crippen LogP contribution >= 0.6 is 0 Å². The number of aromatic nitrogens is 1. The molecule has 1 N–H and O–H groups in total. The summed E-state index contributed by atoms with van der Waals surface area (Å²) in [5.41, 5.74) is 1.52. The van der Waals surface area contributed by atoms with E-state index >= 15 is 0 Å². The van der Waals surface area contributed by atoms with Crippen LogP contribution in [-0.2, 0) is 21.1 Å². The standard InChI is InChI=1S/C14H16N2O4S/c17-14(10-6-8-21(18,19)9-10)15-7-5-13-16-11-3-1-2-4-12(11)20-13/h1-4,10H,5-9H2,(H,15,17)/t10-/m1/s1. The number of para-hydroxylation sites is 2. The molecule has 0 saturated carbocycles. The highest BCUT2D eigenvalue weighted by Crippen LogP contribution is 2.18. The SMILES string of the molecule is O=C(NCCc1nc2ccccc2o1)[C@@H]1CCS(=O)(=O)C1. The van der Waals surface area contributed by atoms with E-state index in [1.54, 1.807) is 0 Å². The van der Waals surface area contributed by atoms with Crippen LogP contribution in [0.1, 0.15) is 12.3 Å². The lowest BCUT2D eigenvalue weighted by Gasteiger charge is -2.07. The monoisotopic (exact) mass is 308 g/mol. The van der Waals surface area contributed by atoms with Crippen molar-refractivity contribution in [1.82, 2.24) is 10.3 Å². The van der Waals surface area contributed by atoms with Crippen LogP contribution in [0.2, 0.25) is 0 Å². The van der Waals surface area contributed by atoms with Gasteiger partial charge in [-0.25, -0.2) is 13.4 Å². The third kappa shape index (κ3) is 3.24. The van der Waals surface area contributed by atoms with Crippen molar-refractivity contribution in [3.05, 3.63) is 30.2 Å². The molecule has 0 aliphatic carbocycles. The van der Waals surface area contributed by atoms with Crippen LogP contribution in [0.15, 0.2) is 28.7 Å². The normalized spacial score (nSPS) is 20.7. The fourth-order valence-electron chi connectivity index (χ4n) is 2.47. The summed E-state index contributed by atoms with van der Waals surface area (Å²) in [6, 6.07) is 7.47. The Morgan fingerprint density at radius 3 is 2.90 bits per heavy atom. The molecule has 0 radical (unpaired) electrons. The number of nitrogens with zero attached hydrogens (tertiary/aromatic N) is 1. The molecule has 0 spiro atoms. The van der Waals surface area contributed by atoms with Gasteiger partial charge in [0, 0.05) is 13.0 Å². The zero-order valence-corrected chi connectivity index (χ0v) is 12.2. The van der Waals surface area contributed by atoms with Gasteiger partial charge in [-0.05, 0) is 18.6 Å². The van der Waals surface area contributed by atoms with Crippen molar-refractivity contribution in [3.8, 4) is 0 Å². The summed E-state index contributed by atoms with van der Waals surface area (Å²) in [6.45, 7) is 0.391. The lowest BCUT2D eigenvalue weighted by molar-refractivity contribution is -0.124. The molecule has 0 bridgehead atoms. The largest absolute Gasteiger partial charge is 0.441 e. The molecule has 21 heavy (non-hydrogen) atoms. The number of nitrogens with one attached hydrogen (secondary N) is 1. The second-order valence-corrected chi connectivity index (χ2v) is 7.45. The molecule has 0 unspecified atom stereocenters. The van der Waals surface area contributed by atoms with Gasteiger partial charge >= 0.3 is 0 Å². The van der Waals surface area contributed by atoms with Gasteiger partial charge in [0.2, 0.25) is 5.91 Å². The van der Waals surface area contributed by atoms with Crippen LogP contribution in [0.3, 0.4) is 0 Å². The highest BCUT2D eigenvalue weighted by molar-refractivity contribution is 7.91. The maximum absolute atomic E-state index is 11.9. The molecule has 1 aromatic carbocycles. The van der Waals surface area contributed by atoms with E-state index in [4.69, 9.17) is 4.42 Å². The van der Waals surface area contributed by atoms with Gasteiger partial charge in [0.05, 0.1) is 17.4 Å². The predicted molar refractivity (Wildman–Crippen MR) is 77.5 cm³/mol. The molecular weight excluding hydrogens is 292 g/mol. The van der Waals surface area contributed by atoms with Crippen LogP contribution < -0.4 is 5.32 Å². The summed E-state index contributed by atoms with van der Waals surface area (Å²) in [5.74, 6) is 0.0131. The lowest BCUT2D eigenvalue weighted by Crippen LogP contribution is -2.32. The third-order valence-corrected chi connectivity index (χ3v) is 5.35. The van der Waals surface area contributed by atoms with Gasteiger partial charge in [-0.2, -0.15) is 0 Å². The molecule has 1 aromatic heterocycles. The molecule has 1 amide bonds. The van der Waals surface area contributed by atoms with Crippen molar-refractivity contribution in [1.29, 1.82) is 0 Å². The Bertz CT molecular complexity index is 733. The first-order valence-corrected chi connectivity index (χ1v) is 8.68. The number of sulfone groups is 1. The number of fused-ring (bicyclic) bond motifs is 1. The Morgan fingerprint density at radius 1 is 1.38 bits per heavy atom. The first kappa shape index (κ1) is 14.1. The Labute approximate surface area is 122 Å². The van der Waals surface area contributed by atoms with E-state index < -0.39 is 15.8 Å². The van der Waals surface area contributed by atoms with Gasteiger partial charge < -0.3 is 9.73 Å². The Morgan fingerprint density at radius 2 is 2.19 bits per heavy atom. The molecule has 1 fully saturated rings. The summed E-state index contributed by atoms with van der Waals surface area (Å²) < 4.78 is 28.2. The molecule has 2 heterocycles. The topological polar surface area (TPSA) is 89.3 Å². The van der Waals surface area contributed by atoms with Crippen LogP contribution in [0, 0.1) is 5.92 Å². The number of amides is 1. The maximum Gasteiger partial charge on any atom is 0.224 e. The number of carbonyl (C=O) groups is 1. The molecule has 2 aromatic rings. The summed E-state index contributed by atoms with van der Waals surface area (Å²) in [7, 11) is -3.03. The van der Waals surface area contributed by atoms with Crippen molar-refractivity contribution >= 4 is 26.8 Å². The van der Waals surface area contributed by atoms with E-state index in [-0.39, 0.29) is 17.4 Å². The Kier molecular flexibility index (Phi) is 3.67. The van der Waals surface area contributed by atoms with Crippen LogP contribution in [0.4, 0.5) is 0 Å². The highest BCUT2D eigenvalue weighted by Gasteiger charge is 2.32. The molecule has 6 nitrogen and oxygen atoms in total. The molecule has 1 atom stereocenters. The second-order valence-electron chi connectivity index (χ2n) is 5.22.